The van der Waals surface area contributed by atoms with Gasteiger partial charge in [0.15, 0.2) is 0 Å². The van der Waals surface area contributed by atoms with Crippen molar-refractivity contribution in [2.75, 3.05) is 33.9 Å². The van der Waals surface area contributed by atoms with E-state index in [0.717, 1.165) is 26.1 Å². The Morgan fingerprint density at radius 3 is 3.05 bits per heavy atom. The number of methoxy groups -OCH3 is 1. The van der Waals surface area contributed by atoms with Crippen molar-refractivity contribution in [2.24, 2.45) is 0 Å². The van der Waals surface area contributed by atoms with E-state index in [2.05, 4.69) is 17.4 Å². The van der Waals surface area contributed by atoms with Gasteiger partial charge >= 0.3 is 0 Å². The third kappa shape index (κ3) is 3.33. The van der Waals surface area contributed by atoms with Gasteiger partial charge in [-0.15, -0.1) is 0 Å². The average Bonchev–Trinajstić information content (AvgIpc) is 2.46. The molecular weight excluding hydrogens is 240 g/mol. The van der Waals surface area contributed by atoms with Crippen LogP contribution in [0.2, 0.25) is 0 Å². The van der Waals surface area contributed by atoms with Gasteiger partial charge in [-0.1, -0.05) is 24.3 Å². The molecule has 4 nitrogen and oxygen atoms in total. The van der Waals surface area contributed by atoms with Crippen LogP contribution in [-0.4, -0.2) is 44.7 Å². The number of likely N-dealkylation sites (N-methyl/N-ethyl adjacent to an activating group) is 1. The molecule has 0 aliphatic carbocycles. The topological polar surface area (TPSA) is 41.6 Å². The second-order valence-electron chi connectivity index (χ2n) is 4.99. The van der Waals surface area contributed by atoms with Crippen molar-refractivity contribution in [1.82, 2.24) is 10.2 Å². The number of hydrogen-bond donors (Lipinski definition) is 1. The van der Waals surface area contributed by atoms with Gasteiger partial charge in [0, 0.05) is 40.4 Å². The fourth-order valence-corrected chi connectivity index (χ4v) is 2.54. The number of ether oxygens (including phenoxy) is 1. The van der Waals surface area contributed by atoms with Gasteiger partial charge in [0.1, 0.15) is 0 Å². The number of nitrogens with zero attached hydrogens (tertiary/aromatic N) is 1. The lowest BCUT2D eigenvalue weighted by atomic mass is 9.90. The number of nitrogens with one attached hydrogen (secondary N) is 1. The quantitative estimate of drug-likeness (QED) is 0.815. The van der Waals surface area contributed by atoms with Crippen molar-refractivity contribution in [3.05, 3.63) is 35.4 Å². The predicted molar refractivity (Wildman–Crippen MR) is 75.0 cm³/mol. The number of amides is 1. The number of rotatable bonds is 5. The normalized spacial score (nSPS) is 17.9. The fraction of sp³-hybridized carbons (Fsp3) is 0.533. The summed E-state index contributed by atoms with van der Waals surface area (Å²) in [6.45, 7) is 3.01. The van der Waals surface area contributed by atoms with Crippen LogP contribution in [0.5, 0.6) is 0 Å². The van der Waals surface area contributed by atoms with Gasteiger partial charge in [-0.3, -0.25) is 4.79 Å². The van der Waals surface area contributed by atoms with E-state index < -0.39 is 0 Å². The molecule has 0 spiro atoms. The molecule has 1 aliphatic heterocycles. The molecule has 1 amide bonds. The lowest BCUT2D eigenvalue weighted by Crippen LogP contribution is -2.40. The maximum absolute atomic E-state index is 12.5. The molecule has 0 bridgehead atoms. The van der Waals surface area contributed by atoms with E-state index in [0.29, 0.717) is 6.61 Å². The summed E-state index contributed by atoms with van der Waals surface area (Å²) in [5, 5.41) is 3.32. The van der Waals surface area contributed by atoms with Gasteiger partial charge in [-0.25, -0.2) is 0 Å². The summed E-state index contributed by atoms with van der Waals surface area (Å²) < 4.78 is 5.02. The Bertz CT molecular complexity index is 434. The standard InChI is InChI=1S/C15H22N2O2/c1-17(8-5-9-19-2)15(18)14-11-16-10-12-6-3-4-7-13(12)14/h3-4,6-7,14,16H,5,8-11H2,1-2H3. The monoisotopic (exact) mass is 262 g/mol. The number of carbonyl (C=O) groups excluding carboxylic acids is 1. The zero-order valence-electron chi connectivity index (χ0n) is 11.7. The van der Waals surface area contributed by atoms with Gasteiger partial charge in [-0.2, -0.15) is 0 Å². The van der Waals surface area contributed by atoms with E-state index in [-0.39, 0.29) is 11.8 Å². The van der Waals surface area contributed by atoms with Crippen LogP contribution in [-0.2, 0) is 16.1 Å². The van der Waals surface area contributed by atoms with Crippen molar-refractivity contribution >= 4 is 5.91 Å². The highest BCUT2D eigenvalue weighted by Crippen LogP contribution is 2.25. The predicted octanol–water partition coefficient (Wildman–Crippen LogP) is 1.37. The van der Waals surface area contributed by atoms with Crippen molar-refractivity contribution < 1.29 is 9.53 Å². The Morgan fingerprint density at radius 2 is 2.26 bits per heavy atom. The molecule has 19 heavy (non-hydrogen) atoms. The summed E-state index contributed by atoms with van der Waals surface area (Å²) in [6, 6.07) is 8.19. The summed E-state index contributed by atoms with van der Waals surface area (Å²) in [5.41, 5.74) is 2.40. The van der Waals surface area contributed by atoms with Crippen LogP contribution in [0.1, 0.15) is 23.5 Å². The van der Waals surface area contributed by atoms with E-state index in [4.69, 9.17) is 4.74 Å². The molecule has 1 heterocycles. The molecule has 1 atom stereocenters. The van der Waals surface area contributed by atoms with E-state index >= 15 is 0 Å². The minimum Gasteiger partial charge on any atom is -0.385 e. The highest BCUT2D eigenvalue weighted by atomic mass is 16.5. The molecule has 1 unspecified atom stereocenters. The maximum atomic E-state index is 12.5. The summed E-state index contributed by atoms with van der Waals surface area (Å²) in [5.74, 6) is 0.133. The molecular formula is C15H22N2O2. The van der Waals surface area contributed by atoms with Gasteiger partial charge in [-0.05, 0) is 17.5 Å². The van der Waals surface area contributed by atoms with E-state index in [1.807, 2.05) is 24.1 Å². The van der Waals surface area contributed by atoms with E-state index in [9.17, 15) is 4.79 Å². The van der Waals surface area contributed by atoms with E-state index in [1.165, 1.54) is 11.1 Å². The molecule has 0 radical (unpaired) electrons. The van der Waals surface area contributed by atoms with Crippen molar-refractivity contribution in [3.8, 4) is 0 Å². The molecule has 104 valence electrons. The zero-order chi connectivity index (χ0) is 13.7. The third-order valence-corrected chi connectivity index (χ3v) is 3.61. The van der Waals surface area contributed by atoms with Crippen LogP contribution >= 0.6 is 0 Å². The summed E-state index contributed by atoms with van der Waals surface area (Å²) in [6.07, 6.45) is 0.876. The largest absolute Gasteiger partial charge is 0.385 e. The molecule has 0 fully saturated rings. The fourth-order valence-electron chi connectivity index (χ4n) is 2.54. The first-order chi connectivity index (χ1) is 9.24. The number of carbonyl (C=O) groups is 1. The third-order valence-electron chi connectivity index (χ3n) is 3.61. The molecule has 1 aromatic rings. The number of benzene rings is 1. The van der Waals surface area contributed by atoms with Crippen LogP contribution in [0.15, 0.2) is 24.3 Å². The van der Waals surface area contributed by atoms with Crippen molar-refractivity contribution in [2.45, 2.75) is 18.9 Å². The Labute approximate surface area is 114 Å². The first-order valence-electron chi connectivity index (χ1n) is 6.76. The van der Waals surface area contributed by atoms with Gasteiger partial charge < -0.3 is 15.0 Å². The lowest BCUT2D eigenvalue weighted by Gasteiger charge is -2.29. The van der Waals surface area contributed by atoms with Gasteiger partial charge in [0.2, 0.25) is 5.91 Å². The van der Waals surface area contributed by atoms with Crippen molar-refractivity contribution in [3.63, 3.8) is 0 Å². The Kier molecular flexibility index (Phi) is 4.93. The smallest absolute Gasteiger partial charge is 0.231 e. The summed E-state index contributed by atoms with van der Waals surface area (Å²) >= 11 is 0. The van der Waals surface area contributed by atoms with Crippen LogP contribution in [0.25, 0.3) is 0 Å². The molecule has 0 aromatic heterocycles. The van der Waals surface area contributed by atoms with Crippen LogP contribution in [0.3, 0.4) is 0 Å². The second kappa shape index (κ2) is 6.68. The number of hydrogen-bond acceptors (Lipinski definition) is 3. The molecule has 0 saturated heterocycles. The molecule has 1 aromatic carbocycles. The van der Waals surface area contributed by atoms with Gasteiger partial charge in [0.05, 0.1) is 5.92 Å². The van der Waals surface area contributed by atoms with Crippen LogP contribution in [0, 0.1) is 0 Å². The van der Waals surface area contributed by atoms with Crippen LogP contribution in [0.4, 0.5) is 0 Å². The first kappa shape index (κ1) is 14.0. The van der Waals surface area contributed by atoms with Crippen molar-refractivity contribution in [1.29, 1.82) is 0 Å². The first-order valence-corrected chi connectivity index (χ1v) is 6.76. The Morgan fingerprint density at radius 1 is 1.47 bits per heavy atom. The van der Waals surface area contributed by atoms with E-state index in [1.54, 1.807) is 7.11 Å². The maximum Gasteiger partial charge on any atom is 0.231 e. The molecule has 4 heteroatoms. The Hall–Kier alpha value is -1.39. The minimum absolute atomic E-state index is 0.0579. The molecule has 2 rings (SSSR count). The second-order valence-corrected chi connectivity index (χ2v) is 4.99. The highest BCUT2D eigenvalue weighted by Gasteiger charge is 2.27. The molecule has 1 N–H and O–H groups in total. The number of fused-ring (bicyclic) bond motifs is 1. The lowest BCUT2D eigenvalue weighted by molar-refractivity contribution is -0.131. The molecule has 0 saturated carbocycles. The Balaban J connectivity index is 2.04. The SMILES string of the molecule is COCCCN(C)C(=O)C1CNCc2ccccc21. The van der Waals surface area contributed by atoms with Gasteiger partial charge in [0.25, 0.3) is 0 Å². The summed E-state index contributed by atoms with van der Waals surface area (Å²) in [4.78, 5) is 14.3. The summed E-state index contributed by atoms with van der Waals surface area (Å²) in [7, 11) is 3.55. The zero-order valence-corrected chi connectivity index (χ0v) is 11.7. The average molecular weight is 262 g/mol. The van der Waals surface area contributed by atoms with Crippen LogP contribution < -0.4 is 5.32 Å². The minimum atomic E-state index is -0.0579. The highest BCUT2D eigenvalue weighted by molar-refractivity contribution is 5.84. The molecule has 1 aliphatic rings.